The molecule has 6 rings (SSSR count). The summed E-state index contributed by atoms with van der Waals surface area (Å²) in [7, 11) is 0. The van der Waals surface area contributed by atoms with Gasteiger partial charge in [-0.1, -0.05) is 119 Å². The average Bonchev–Trinajstić information content (AvgIpc) is 3.29. The van der Waals surface area contributed by atoms with E-state index in [0.717, 1.165) is 16.9 Å². The smallest absolute Gasteiger partial charge is 0.145 e. The fourth-order valence-corrected chi connectivity index (χ4v) is 5.74. The van der Waals surface area contributed by atoms with E-state index in [9.17, 15) is 0 Å². The zero-order valence-electron chi connectivity index (χ0n) is 21.7. The van der Waals surface area contributed by atoms with Gasteiger partial charge in [0.25, 0.3) is 0 Å². The highest BCUT2D eigenvalue weighted by Gasteiger charge is 2.25. The summed E-state index contributed by atoms with van der Waals surface area (Å²) in [5.41, 5.74) is 8.65. The molecular weight excluding hydrogens is 436 g/mol. The van der Waals surface area contributed by atoms with Gasteiger partial charge in [0.15, 0.2) is 0 Å². The molecule has 0 spiro atoms. The van der Waals surface area contributed by atoms with Gasteiger partial charge < -0.3 is 0 Å². The van der Waals surface area contributed by atoms with E-state index in [4.69, 9.17) is 4.98 Å². The summed E-state index contributed by atoms with van der Waals surface area (Å²) >= 11 is 0. The lowest BCUT2D eigenvalue weighted by atomic mass is 9.91. The van der Waals surface area contributed by atoms with Gasteiger partial charge in [-0.2, -0.15) is 0 Å². The van der Waals surface area contributed by atoms with Gasteiger partial charge in [-0.25, -0.2) is 4.98 Å². The zero-order valence-corrected chi connectivity index (χ0v) is 21.7. The second kappa shape index (κ2) is 8.64. The van der Waals surface area contributed by atoms with Crippen molar-refractivity contribution in [3.05, 3.63) is 108 Å². The van der Waals surface area contributed by atoms with Crippen molar-refractivity contribution in [1.29, 1.82) is 0 Å². The Balaban J connectivity index is 1.93. The number of aromatic nitrogens is 2. The van der Waals surface area contributed by atoms with Crippen LogP contribution >= 0.6 is 0 Å². The molecule has 0 fully saturated rings. The van der Waals surface area contributed by atoms with Crippen LogP contribution in [-0.4, -0.2) is 9.55 Å². The van der Waals surface area contributed by atoms with Crippen molar-refractivity contribution in [3.63, 3.8) is 0 Å². The molecule has 0 radical (unpaired) electrons. The number of hydrogen-bond acceptors (Lipinski definition) is 1. The molecular formula is C34H32N2. The molecule has 1 aromatic heterocycles. The summed E-state index contributed by atoms with van der Waals surface area (Å²) in [4.78, 5) is 5.46. The Morgan fingerprint density at radius 1 is 0.611 bits per heavy atom. The minimum atomic E-state index is 0.383. The molecule has 5 aromatic carbocycles. The quantitative estimate of drug-likeness (QED) is 0.236. The zero-order chi connectivity index (χ0) is 25.0. The molecule has 0 aliphatic rings. The number of rotatable bonds is 4. The number of para-hydroxylation sites is 1. The van der Waals surface area contributed by atoms with Gasteiger partial charge in [0, 0.05) is 16.3 Å². The van der Waals surface area contributed by atoms with Crippen LogP contribution in [-0.2, 0) is 0 Å². The summed E-state index contributed by atoms with van der Waals surface area (Å²) in [6.07, 6.45) is 0. The Morgan fingerprint density at radius 3 is 1.86 bits per heavy atom. The predicted molar refractivity (Wildman–Crippen MR) is 154 cm³/mol. The monoisotopic (exact) mass is 468 g/mol. The first-order valence-corrected chi connectivity index (χ1v) is 13.0. The summed E-state index contributed by atoms with van der Waals surface area (Å²) in [5, 5.41) is 5.03. The highest BCUT2D eigenvalue weighted by molar-refractivity contribution is 6.25. The number of hydrogen-bond donors (Lipinski definition) is 0. The van der Waals surface area contributed by atoms with Crippen molar-refractivity contribution in [2.75, 3.05) is 0 Å². The molecule has 178 valence electrons. The van der Waals surface area contributed by atoms with Crippen molar-refractivity contribution in [2.45, 2.75) is 46.5 Å². The number of benzene rings is 5. The van der Waals surface area contributed by atoms with E-state index in [0.29, 0.717) is 11.8 Å². The molecule has 0 amide bonds. The SMILES string of the molecule is Cc1cccc2c3ccccc3c3c(nc(-c4ccccc4)n3-c3c(C(C)C)cccc3C(C)C)c12. The van der Waals surface area contributed by atoms with Crippen LogP contribution in [0, 0.1) is 6.92 Å². The number of imidazole rings is 1. The van der Waals surface area contributed by atoms with Crippen LogP contribution in [0.2, 0.25) is 0 Å². The van der Waals surface area contributed by atoms with Crippen LogP contribution in [0.15, 0.2) is 91.0 Å². The van der Waals surface area contributed by atoms with E-state index >= 15 is 0 Å². The van der Waals surface area contributed by atoms with Gasteiger partial charge in [-0.15, -0.1) is 0 Å². The highest BCUT2D eigenvalue weighted by Crippen LogP contribution is 2.43. The van der Waals surface area contributed by atoms with E-state index in [1.807, 2.05) is 0 Å². The molecule has 36 heavy (non-hydrogen) atoms. The Kier molecular flexibility index (Phi) is 5.41. The van der Waals surface area contributed by atoms with Crippen molar-refractivity contribution >= 4 is 32.6 Å². The Morgan fingerprint density at radius 2 is 1.19 bits per heavy atom. The van der Waals surface area contributed by atoms with Crippen LogP contribution in [0.5, 0.6) is 0 Å². The maximum absolute atomic E-state index is 5.46. The van der Waals surface area contributed by atoms with E-state index in [1.54, 1.807) is 0 Å². The maximum Gasteiger partial charge on any atom is 0.145 e. The first-order valence-electron chi connectivity index (χ1n) is 13.0. The van der Waals surface area contributed by atoms with E-state index in [-0.39, 0.29) is 0 Å². The van der Waals surface area contributed by atoms with Crippen LogP contribution in [0.25, 0.3) is 49.7 Å². The first kappa shape index (κ1) is 22.5. The first-order chi connectivity index (χ1) is 17.5. The topological polar surface area (TPSA) is 17.8 Å². The molecule has 0 saturated carbocycles. The highest BCUT2D eigenvalue weighted by atomic mass is 15.1. The van der Waals surface area contributed by atoms with Crippen molar-refractivity contribution in [1.82, 2.24) is 9.55 Å². The van der Waals surface area contributed by atoms with Gasteiger partial charge in [0.1, 0.15) is 5.82 Å². The van der Waals surface area contributed by atoms with Gasteiger partial charge in [0.2, 0.25) is 0 Å². The molecule has 0 saturated heterocycles. The summed E-state index contributed by atoms with van der Waals surface area (Å²) < 4.78 is 2.48. The van der Waals surface area contributed by atoms with Gasteiger partial charge >= 0.3 is 0 Å². The van der Waals surface area contributed by atoms with Crippen LogP contribution in [0.3, 0.4) is 0 Å². The second-order valence-electron chi connectivity index (χ2n) is 10.5. The Labute approximate surface area is 213 Å². The third-order valence-corrected chi connectivity index (χ3v) is 7.46. The second-order valence-corrected chi connectivity index (χ2v) is 10.5. The van der Waals surface area contributed by atoms with Gasteiger partial charge in [-0.3, -0.25) is 4.57 Å². The normalized spacial score (nSPS) is 12.0. The molecule has 6 aromatic rings. The summed E-state index contributed by atoms with van der Waals surface area (Å²) in [6, 6.07) is 32.9. The average molecular weight is 469 g/mol. The van der Waals surface area contributed by atoms with Crippen LogP contribution in [0.1, 0.15) is 56.2 Å². The molecule has 0 unspecified atom stereocenters. The van der Waals surface area contributed by atoms with E-state index in [1.165, 1.54) is 49.4 Å². The molecule has 2 nitrogen and oxygen atoms in total. The maximum atomic E-state index is 5.46. The van der Waals surface area contributed by atoms with E-state index < -0.39 is 0 Å². The lowest BCUT2D eigenvalue weighted by Gasteiger charge is -2.23. The van der Waals surface area contributed by atoms with Crippen molar-refractivity contribution in [2.24, 2.45) is 0 Å². The molecule has 0 bridgehead atoms. The van der Waals surface area contributed by atoms with Gasteiger partial charge in [0.05, 0.1) is 16.7 Å². The predicted octanol–water partition coefficient (Wildman–Crippen LogP) is 9.55. The molecule has 0 aliphatic carbocycles. The van der Waals surface area contributed by atoms with Crippen LogP contribution < -0.4 is 0 Å². The fraction of sp³-hybridized carbons (Fsp3) is 0.206. The van der Waals surface area contributed by atoms with E-state index in [2.05, 4.69) is 130 Å². The fourth-order valence-electron chi connectivity index (χ4n) is 5.74. The molecule has 1 heterocycles. The summed E-state index contributed by atoms with van der Waals surface area (Å²) in [5.74, 6) is 1.77. The lowest BCUT2D eigenvalue weighted by Crippen LogP contribution is -2.08. The third kappa shape index (κ3) is 3.36. The molecule has 0 N–H and O–H groups in total. The number of fused-ring (bicyclic) bond motifs is 6. The van der Waals surface area contributed by atoms with Crippen LogP contribution in [0.4, 0.5) is 0 Å². The molecule has 0 atom stereocenters. The van der Waals surface area contributed by atoms with Crippen molar-refractivity contribution < 1.29 is 0 Å². The van der Waals surface area contributed by atoms with Gasteiger partial charge in [-0.05, 0) is 46.2 Å². The standard InChI is InChI=1S/C34H32N2/c1-21(2)25-18-12-19-26(22(3)4)32(25)36-33-29-17-10-9-16-27(29)28-20-11-13-23(5)30(28)31(33)35-34(36)24-14-7-6-8-15-24/h6-22H,1-5H3. The number of aryl methyl sites for hydroxylation is 1. The lowest BCUT2D eigenvalue weighted by molar-refractivity contribution is 0.811. The summed E-state index contributed by atoms with van der Waals surface area (Å²) in [6.45, 7) is 11.4. The number of nitrogens with zero attached hydrogens (tertiary/aromatic N) is 2. The Hall–Kier alpha value is -3.91. The Bertz CT molecular complexity index is 1710. The minimum absolute atomic E-state index is 0.383. The minimum Gasteiger partial charge on any atom is -0.291 e. The van der Waals surface area contributed by atoms with Crippen molar-refractivity contribution in [3.8, 4) is 17.1 Å². The molecule has 0 aliphatic heterocycles. The third-order valence-electron chi connectivity index (χ3n) is 7.46. The molecule has 2 heteroatoms. The largest absolute Gasteiger partial charge is 0.291 e.